The first-order chi connectivity index (χ1) is 14.1. The van der Waals surface area contributed by atoms with Crippen LogP contribution in [0.25, 0.3) is 22.9 Å². The standard InChI is InChI=1S/C19H16ClFN6O2/c20-13-3-1-2-11(16(13)21)18-25-26-19(29-18)12-9-23-27-14(12)8-15(28)24-17(27)10-4-6-22-7-5-10/h1-3,9-10,22H,4-8H2. The number of aromatic nitrogens is 4. The van der Waals surface area contributed by atoms with Crippen molar-refractivity contribution in [1.29, 1.82) is 0 Å². The minimum atomic E-state index is -0.628. The number of amides is 1. The Morgan fingerprint density at radius 1 is 1.17 bits per heavy atom. The van der Waals surface area contributed by atoms with Crippen LogP contribution in [0.1, 0.15) is 18.5 Å². The molecule has 0 bridgehead atoms. The largest absolute Gasteiger partial charge is 0.416 e. The first-order valence-corrected chi connectivity index (χ1v) is 9.67. The van der Waals surface area contributed by atoms with Gasteiger partial charge in [0.25, 0.3) is 17.7 Å². The summed E-state index contributed by atoms with van der Waals surface area (Å²) in [5.74, 6) is 0.134. The molecule has 2 aliphatic rings. The van der Waals surface area contributed by atoms with E-state index in [1.165, 1.54) is 12.1 Å². The van der Waals surface area contributed by atoms with E-state index in [4.69, 9.17) is 16.0 Å². The maximum absolute atomic E-state index is 14.3. The average Bonchev–Trinajstić information content (AvgIpc) is 3.37. The van der Waals surface area contributed by atoms with E-state index in [1.54, 1.807) is 16.9 Å². The molecule has 4 heterocycles. The minimum absolute atomic E-state index is 0.00864. The van der Waals surface area contributed by atoms with E-state index in [9.17, 15) is 9.18 Å². The van der Waals surface area contributed by atoms with Gasteiger partial charge in [-0.3, -0.25) is 4.79 Å². The van der Waals surface area contributed by atoms with Crippen molar-refractivity contribution in [2.24, 2.45) is 10.9 Å². The van der Waals surface area contributed by atoms with Crippen molar-refractivity contribution in [1.82, 2.24) is 25.3 Å². The summed E-state index contributed by atoms with van der Waals surface area (Å²) in [6.07, 6.45) is 3.45. The molecule has 29 heavy (non-hydrogen) atoms. The summed E-state index contributed by atoms with van der Waals surface area (Å²) in [4.78, 5) is 16.5. The van der Waals surface area contributed by atoms with Crippen molar-refractivity contribution in [2.45, 2.75) is 19.3 Å². The van der Waals surface area contributed by atoms with Gasteiger partial charge in [-0.2, -0.15) is 10.1 Å². The normalized spacial score (nSPS) is 17.3. The van der Waals surface area contributed by atoms with Gasteiger partial charge in [0.1, 0.15) is 5.84 Å². The number of hydrogen-bond acceptors (Lipinski definition) is 6. The molecule has 2 aliphatic heterocycles. The lowest BCUT2D eigenvalue weighted by Crippen LogP contribution is -2.38. The molecule has 1 fully saturated rings. The molecular weight excluding hydrogens is 399 g/mol. The van der Waals surface area contributed by atoms with Crippen LogP contribution in [0.2, 0.25) is 5.02 Å². The zero-order valence-electron chi connectivity index (χ0n) is 15.2. The maximum Gasteiger partial charge on any atom is 0.253 e. The number of benzene rings is 1. The fourth-order valence-electron chi connectivity index (χ4n) is 3.73. The van der Waals surface area contributed by atoms with Gasteiger partial charge < -0.3 is 9.73 Å². The smallest absolute Gasteiger partial charge is 0.253 e. The Morgan fingerprint density at radius 2 is 1.93 bits per heavy atom. The monoisotopic (exact) mass is 414 g/mol. The third kappa shape index (κ3) is 3.16. The van der Waals surface area contributed by atoms with Crippen LogP contribution in [-0.4, -0.2) is 44.8 Å². The van der Waals surface area contributed by atoms with Gasteiger partial charge in [0.2, 0.25) is 0 Å². The molecule has 1 amide bonds. The van der Waals surface area contributed by atoms with Crippen LogP contribution in [-0.2, 0) is 11.2 Å². The lowest BCUT2D eigenvalue weighted by Gasteiger charge is -2.26. The summed E-state index contributed by atoms with van der Waals surface area (Å²) in [6.45, 7) is 1.75. The van der Waals surface area contributed by atoms with Crippen molar-refractivity contribution >= 4 is 23.3 Å². The van der Waals surface area contributed by atoms with Gasteiger partial charge in [-0.1, -0.05) is 17.7 Å². The van der Waals surface area contributed by atoms with Crippen molar-refractivity contribution in [2.75, 3.05) is 13.1 Å². The van der Waals surface area contributed by atoms with E-state index in [1.807, 2.05) is 0 Å². The fourth-order valence-corrected chi connectivity index (χ4v) is 3.91. The second-order valence-electron chi connectivity index (χ2n) is 7.00. The summed E-state index contributed by atoms with van der Waals surface area (Å²) in [5.41, 5.74) is 1.31. The Balaban J connectivity index is 1.52. The fraction of sp³-hybridized carbons (Fsp3) is 0.316. The lowest BCUT2D eigenvalue weighted by molar-refractivity contribution is -0.117. The number of fused-ring (bicyclic) bond motifs is 1. The van der Waals surface area contributed by atoms with Crippen LogP contribution >= 0.6 is 11.6 Å². The van der Waals surface area contributed by atoms with Gasteiger partial charge in [-0.15, -0.1) is 10.2 Å². The molecular formula is C19H16ClFN6O2. The highest BCUT2D eigenvalue weighted by Gasteiger charge is 2.31. The van der Waals surface area contributed by atoms with Gasteiger partial charge in [0.05, 0.1) is 34.5 Å². The van der Waals surface area contributed by atoms with Crippen LogP contribution in [0.4, 0.5) is 4.39 Å². The van der Waals surface area contributed by atoms with Gasteiger partial charge in [0.15, 0.2) is 5.82 Å². The highest BCUT2D eigenvalue weighted by Crippen LogP contribution is 2.32. The average molecular weight is 415 g/mol. The van der Waals surface area contributed by atoms with Crippen molar-refractivity contribution in [3.05, 3.63) is 40.9 Å². The predicted molar refractivity (Wildman–Crippen MR) is 103 cm³/mol. The summed E-state index contributed by atoms with van der Waals surface area (Å²) < 4.78 is 21.7. The molecule has 148 valence electrons. The number of hydrogen-bond donors (Lipinski definition) is 1. The molecule has 1 N–H and O–H groups in total. The molecule has 0 radical (unpaired) electrons. The number of carbonyl (C=O) groups is 1. The Labute approximate surface area is 169 Å². The van der Waals surface area contributed by atoms with Crippen molar-refractivity contribution < 1.29 is 13.6 Å². The Bertz CT molecular complexity index is 1130. The van der Waals surface area contributed by atoms with E-state index >= 15 is 0 Å². The highest BCUT2D eigenvalue weighted by atomic mass is 35.5. The Hall–Kier alpha value is -2.91. The van der Waals surface area contributed by atoms with Gasteiger partial charge in [-0.25, -0.2) is 9.07 Å². The quantitative estimate of drug-likeness (QED) is 0.707. The third-order valence-electron chi connectivity index (χ3n) is 5.19. The van der Waals surface area contributed by atoms with Crippen molar-refractivity contribution in [3.8, 4) is 22.9 Å². The molecule has 0 unspecified atom stereocenters. The first-order valence-electron chi connectivity index (χ1n) is 9.29. The maximum atomic E-state index is 14.3. The lowest BCUT2D eigenvalue weighted by atomic mass is 9.95. The zero-order valence-corrected chi connectivity index (χ0v) is 16.0. The second kappa shape index (κ2) is 7.16. The molecule has 5 rings (SSSR count). The minimum Gasteiger partial charge on any atom is -0.416 e. The number of rotatable bonds is 3. The summed E-state index contributed by atoms with van der Waals surface area (Å²) in [7, 11) is 0. The molecule has 1 aromatic carbocycles. The SMILES string of the molecule is O=C1Cc2c(-c3nnc(-c4cccc(Cl)c4F)o3)cnn2C(C2CCNCC2)=N1. The topological polar surface area (TPSA) is 98.2 Å². The highest BCUT2D eigenvalue weighted by molar-refractivity contribution is 6.31. The molecule has 0 spiro atoms. The van der Waals surface area contributed by atoms with Crippen molar-refractivity contribution in [3.63, 3.8) is 0 Å². The number of aliphatic imine (C=N–C) groups is 1. The number of piperidine rings is 1. The number of carbonyl (C=O) groups excluding carboxylic acids is 1. The van der Waals surface area contributed by atoms with Crippen LogP contribution in [0, 0.1) is 11.7 Å². The zero-order chi connectivity index (χ0) is 20.0. The van der Waals surface area contributed by atoms with Gasteiger partial charge >= 0.3 is 0 Å². The predicted octanol–water partition coefficient (Wildman–Crippen LogP) is 2.72. The summed E-state index contributed by atoms with van der Waals surface area (Å²) in [5, 5.41) is 15.7. The third-order valence-corrected chi connectivity index (χ3v) is 5.48. The number of halogens is 2. The van der Waals surface area contributed by atoms with Crippen LogP contribution in [0.5, 0.6) is 0 Å². The van der Waals surface area contributed by atoms with Gasteiger partial charge in [0, 0.05) is 5.92 Å². The summed E-state index contributed by atoms with van der Waals surface area (Å²) >= 11 is 5.84. The molecule has 1 saturated heterocycles. The van der Waals surface area contributed by atoms with Crippen LogP contribution in [0.3, 0.4) is 0 Å². The molecule has 0 atom stereocenters. The van der Waals surface area contributed by atoms with E-state index < -0.39 is 5.82 Å². The van der Waals surface area contributed by atoms with Gasteiger partial charge in [-0.05, 0) is 38.1 Å². The second-order valence-corrected chi connectivity index (χ2v) is 7.40. The number of nitrogens with one attached hydrogen (secondary N) is 1. The van der Waals surface area contributed by atoms with E-state index in [2.05, 4.69) is 25.6 Å². The molecule has 0 aliphatic carbocycles. The molecule has 2 aromatic heterocycles. The van der Waals surface area contributed by atoms with E-state index in [0.29, 0.717) is 17.1 Å². The Morgan fingerprint density at radius 3 is 2.72 bits per heavy atom. The van der Waals surface area contributed by atoms with Crippen LogP contribution < -0.4 is 5.32 Å². The first kappa shape index (κ1) is 18.1. The molecule has 10 heteroatoms. The van der Waals surface area contributed by atoms with E-state index in [0.717, 1.165) is 25.9 Å². The van der Waals surface area contributed by atoms with E-state index in [-0.39, 0.29) is 40.6 Å². The molecule has 8 nitrogen and oxygen atoms in total. The van der Waals surface area contributed by atoms with Crippen LogP contribution in [0.15, 0.2) is 33.8 Å². The molecule has 0 saturated carbocycles. The Kier molecular flexibility index (Phi) is 4.48. The molecule has 3 aromatic rings. The summed E-state index contributed by atoms with van der Waals surface area (Å²) in [6, 6.07) is 4.56. The number of nitrogens with zero attached hydrogens (tertiary/aromatic N) is 5.